The standard InChI is InChI=1S/C15H18FNS/c1-3-6-17-9-12-4-5-15(16)14(8-12)13-7-11(2)18-10-13/h4-5,7-8,10,17H,3,6,9H2,1-2H3. The molecule has 0 radical (unpaired) electrons. The molecule has 1 aromatic heterocycles. The van der Waals surface area contributed by atoms with Crippen LogP contribution in [0.4, 0.5) is 4.39 Å². The maximum Gasteiger partial charge on any atom is 0.131 e. The lowest BCUT2D eigenvalue weighted by Crippen LogP contribution is -2.13. The van der Waals surface area contributed by atoms with Gasteiger partial charge in [0, 0.05) is 17.0 Å². The number of rotatable bonds is 5. The second-order valence-corrected chi connectivity index (χ2v) is 5.55. The van der Waals surface area contributed by atoms with Crippen LogP contribution in [0.2, 0.25) is 0 Å². The highest BCUT2D eigenvalue weighted by molar-refractivity contribution is 7.10. The van der Waals surface area contributed by atoms with Crippen LogP contribution in [0.1, 0.15) is 23.8 Å². The summed E-state index contributed by atoms with van der Waals surface area (Å²) in [5.74, 6) is -0.146. The van der Waals surface area contributed by atoms with Gasteiger partial charge in [-0.15, -0.1) is 11.3 Å². The van der Waals surface area contributed by atoms with Gasteiger partial charge in [-0.2, -0.15) is 0 Å². The van der Waals surface area contributed by atoms with Crippen LogP contribution in [0.25, 0.3) is 11.1 Å². The van der Waals surface area contributed by atoms with Crippen LogP contribution in [-0.4, -0.2) is 6.54 Å². The van der Waals surface area contributed by atoms with Crippen molar-refractivity contribution in [2.45, 2.75) is 26.8 Å². The predicted molar refractivity (Wildman–Crippen MR) is 76.4 cm³/mol. The number of benzene rings is 1. The van der Waals surface area contributed by atoms with Crippen LogP contribution in [0.15, 0.2) is 29.6 Å². The molecule has 96 valence electrons. The number of thiophene rings is 1. The summed E-state index contributed by atoms with van der Waals surface area (Å²) in [5.41, 5.74) is 2.81. The maximum atomic E-state index is 13.8. The molecule has 0 saturated heterocycles. The van der Waals surface area contributed by atoms with Crippen molar-refractivity contribution in [3.05, 3.63) is 45.9 Å². The van der Waals surface area contributed by atoms with Gasteiger partial charge in [0.05, 0.1) is 0 Å². The largest absolute Gasteiger partial charge is 0.313 e. The van der Waals surface area contributed by atoms with Crippen LogP contribution in [0, 0.1) is 12.7 Å². The maximum absolute atomic E-state index is 13.8. The Hall–Kier alpha value is -1.19. The van der Waals surface area contributed by atoms with E-state index in [4.69, 9.17) is 0 Å². The van der Waals surface area contributed by atoms with Crippen molar-refractivity contribution in [1.29, 1.82) is 0 Å². The van der Waals surface area contributed by atoms with Crippen molar-refractivity contribution in [3.63, 3.8) is 0 Å². The summed E-state index contributed by atoms with van der Waals surface area (Å²) in [4.78, 5) is 1.21. The average Bonchev–Trinajstić information content (AvgIpc) is 2.78. The minimum atomic E-state index is -0.146. The van der Waals surface area contributed by atoms with Crippen LogP contribution >= 0.6 is 11.3 Å². The van der Waals surface area contributed by atoms with E-state index < -0.39 is 0 Å². The van der Waals surface area contributed by atoms with E-state index in [2.05, 4.69) is 12.2 Å². The van der Waals surface area contributed by atoms with Crippen molar-refractivity contribution in [3.8, 4) is 11.1 Å². The zero-order valence-corrected chi connectivity index (χ0v) is 11.6. The normalized spacial score (nSPS) is 10.8. The summed E-state index contributed by atoms with van der Waals surface area (Å²) in [7, 11) is 0. The first kappa shape index (κ1) is 13.2. The Labute approximate surface area is 112 Å². The molecular weight excluding hydrogens is 245 g/mol. The van der Waals surface area contributed by atoms with Gasteiger partial charge in [0.1, 0.15) is 5.82 Å². The molecule has 2 rings (SSSR count). The lowest BCUT2D eigenvalue weighted by molar-refractivity contribution is 0.628. The first-order chi connectivity index (χ1) is 8.70. The Morgan fingerprint density at radius 2 is 2.11 bits per heavy atom. The highest BCUT2D eigenvalue weighted by Gasteiger charge is 2.07. The molecule has 1 aromatic carbocycles. The van der Waals surface area contributed by atoms with Crippen LogP contribution < -0.4 is 5.32 Å². The first-order valence-electron chi connectivity index (χ1n) is 6.25. The molecule has 0 spiro atoms. The minimum absolute atomic E-state index is 0.146. The topological polar surface area (TPSA) is 12.0 Å². The first-order valence-corrected chi connectivity index (χ1v) is 7.13. The SMILES string of the molecule is CCCNCc1ccc(F)c(-c2csc(C)c2)c1. The highest BCUT2D eigenvalue weighted by Crippen LogP contribution is 2.28. The second-order valence-electron chi connectivity index (χ2n) is 4.44. The Balaban J connectivity index is 2.21. The molecule has 1 nitrogen and oxygen atoms in total. The van der Waals surface area contributed by atoms with Gasteiger partial charge in [-0.1, -0.05) is 13.0 Å². The number of aryl methyl sites for hydroxylation is 1. The highest BCUT2D eigenvalue weighted by atomic mass is 32.1. The van der Waals surface area contributed by atoms with E-state index in [1.54, 1.807) is 17.4 Å². The average molecular weight is 263 g/mol. The van der Waals surface area contributed by atoms with Crippen LogP contribution in [0.3, 0.4) is 0 Å². The molecule has 0 fully saturated rings. The van der Waals surface area contributed by atoms with Crippen LogP contribution in [0.5, 0.6) is 0 Å². The van der Waals surface area contributed by atoms with Gasteiger partial charge >= 0.3 is 0 Å². The Kier molecular flexibility index (Phi) is 4.50. The van der Waals surface area contributed by atoms with Gasteiger partial charge in [-0.25, -0.2) is 4.39 Å². The van der Waals surface area contributed by atoms with Gasteiger partial charge in [0.2, 0.25) is 0 Å². The summed E-state index contributed by atoms with van der Waals surface area (Å²) < 4.78 is 13.8. The summed E-state index contributed by atoms with van der Waals surface area (Å²) in [6.07, 6.45) is 1.11. The predicted octanol–water partition coefficient (Wildman–Crippen LogP) is 4.36. The van der Waals surface area contributed by atoms with E-state index in [0.29, 0.717) is 5.56 Å². The lowest BCUT2D eigenvalue weighted by atomic mass is 10.0. The molecule has 2 aromatic rings. The molecule has 0 aliphatic carbocycles. The van der Waals surface area contributed by atoms with Gasteiger partial charge in [0.25, 0.3) is 0 Å². The van der Waals surface area contributed by atoms with Crippen molar-refractivity contribution in [1.82, 2.24) is 5.32 Å². The number of halogens is 1. The summed E-state index contributed by atoms with van der Waals surface area (Å²) >= 11 is 1.65. The van der Waals surface area contributed by atoms with E-state index in [1.807, 2.05) is 30.5 Å². The van der Waals surface area contributed by atoms with E-state index in [-0.39, 0.29) is 5.82 Å². The fourth-order valence-electron chi connectivity index (χ4n) is 1.90. The molecule has 0 aliphatic heterocycles. The van der Waals surface area contributed by atoms with Crippen molar-refractivity contribution < 1.29 is 4.39 Å². The molecule has 0 amide bonds. The zero-order chi connectivity index (χ0) is 13.0. The monoisotopic (exact) mass is 263 g/mol. The molecule has 0 atom stereocenters. The fraction of sp³-hybridized carbons (Fsp3) is 0.333. The Morgan fingerprint density at radius 1 is 1.28 bits per heavy atom. The molecule has 0 bridgehead atoms. The number of hydrogen-bond acceptors (Lipinski definition) is 2. The fourth-order valence-corrected chi connectivity index (χ4v) is 2.60. The van der Waals surface area contributed by atoms with E-state index in [9.17, 15) is 4.39 Å². The van der Waals surface area contributed by atoms with Gasteiger partial charge in [-0.05, 0) is 54.6 Å². The number of hydrogen-bond donors (Lipinski definition) is 1. The third kappa shape index (κ3) is 3.18. The zero-order valence-electron chi connectivity index (χ0n) is 10.8. The van der Waals surface area contributed by atoms with E-state index >= 15 is 0 Å². The Morgan fingerprint density at radius 3 is 2.78 bits per heavy atom. The summed E-state index contributed by atoms with van der Waals surface area (Å²) in [6, 6.07) is 7.39. The van der Waals surface area contributed by atoms with Gasteiger partial charge in [-0.3, -0.25) is 0 Å². The summed E-state index contributed by atoms with van der Waals surface area (Å²) in [6.45, 7) is 5.96. The van der Waals surface area contributed by atoms with Crippen molar-refractivity contribution in [2.75, 3.05) is 6.54 Å². The van der Waals surface area contributed by atoms with Crippen molar-refractivity contribution in [2.24, 2.45) is 0 Å². The Bertz CT molecular complexity index is 519. The molecule has 3 heteroatoms. The molecule has 18 heavy (non-hydrogen) atoms. The van der Waals surface area contributed by atoms with E-state index in [0.717, 1.165) is 30.6 Å². The third-order valence-electron chi connectivity index (χ3n) is 2.83. The molecule has 1 heterocycles. The quantitative estimate of drug-likeness (QED) is 0.790. The van der Waals surface area contributed by atoms with Gasteiger partial charge in [0.15, 0.2) is 0 Å². The molecule has 0 unspecified atom stereocenters. The second kappa shape index (κ2) is 6.12. The molecule has 0 saturated carbocycles. The van der Waals surface area contributed by atoms with Crippen LogP contribution in [-0.2, 0) is 6.54 Å². The van der Waals surface area contributed by atoms with Crippen molar-refractivity contribution >= 4 is 11.3 Å². The molecule has 0 aliphatic rings. The number of nitrogens with one attached hydrogen (secondary N) is 1. The molecular formula is C15H18FNS. The third-order valence-corrected chi connectivity index (χ3v) is 3.69. The smallest absolute Gasteiger partial charge is 0.131 e. The minimum Gasteiger partial charge on any atom is -0.313 e. The lowest BCUT2D eigenvalue weighted by Gasteiger charge is -2.06. The molecule has 1 N–H and O–H groups in total. The van der Waals surface area contributed by atoms with Gasteiger partial charge < -0.3 is 5.32 Å². The van der Waals surface area contributed by atoms with E-state index in [1.165, 1.54) is 4.88 Å². The summed E-state index contributed by atoms with van der Waals surface area (Å²) in [5, 5.41) is 5.35.